The number of benzene rings is 1. The smallest absolute Gasteiger partial charge is 0.251 e. The number of aliphatic hydroxyl groups is 1. The minimum absolute atomic E-state index is 0.0155. The molecule has 1 heterocycles. The molecule has 6 heteroatoms. The van der Waals surface area contributed by atoms with E-state index in [1.165, 1.54) is 12.5 Å². The third-order valence-electron chi connectivity index (χ3n) is 2.57. The Morgan fingerprint density at radius 3 is 2.74 bits per heavy atom. The Labute approximate surface area is 107 Å². The van der Waals surface area contributed by atoms with Crippen LogP contribution in [-0.4, -0.2) is 17.6 Å². The van der Waals surface area contributed by atoms with E-state index in [1.54, 1.807) is 6.07 Å². The minimum atomic E-state index is -1.09. The summed E-state index contributed by atoms with van der Waals surface area (Å²) in [7, 11) is 0. The van der Waals surface area contributed by atoms with Crippen molar-refractivity contribution in [1.29, 1.82) is 0 Å². The summed E-state index contributed by atoms with van der Waals surface area (Å²) in [6.45, 7) is -0.0582. The average molecular weight is 267 g/mol. The highest BCUT2D eigenvalue weighted by Gasteiger charge is 2.13. The Hall–Kier alpha value is -2.21. The van der Waals surface area contributed by atoms with Gasteiger partial charge in [-0.25, -0.2) is 8.78 Å². The maximum atomic E-state index is 12.9. The molecular weight excluding hydrogens is 256 g/mol. The number of amides is 1. The fourth-order valence-electron chi connectivity index (χ4n) is 1.51. The van der Waals surface area contributed by atoms with Gasteiger partial charge in [0.2, 0.25) is 0 Å². The van der Waals surface area contributed by atoms with Crippen LogP contribution in [-0.2, 0) is 0 Å². The van der Waals surface area contributed by atoms with Crippen LogP contribution in [0.5, 0.6) is 0 Å². The van der Waals surface area contributed by atoms with Crippen molar-refractivity contribution >= 4 is 5.91 Å². The lowest BCUT2D eigenvalue weighted by Gasteiger charge is -2.10. The number of hydrogen-bond acceptors (Lipinski definition) is 3. The summed E-state index contributed by atoms with van der Waals surface area (Å²) >= 11 is 0. The van der Waals surface area contributed by atoms with Gasteiger partial charge in [0.25, 0.3) is 5.91 Å². The summed E-state index contributed by atoms with van der Waals surface area (Å²) in [4.78, 5) is 11.6. The highest BCUT2D eigenvalue weighted by Crippen LogP contribution is 2.12. The standard InChI is InChI=1S/C13H11F2NO3/c14-10-2-1-8(5-11(10)15)13(18)16-6-12(17)9-3-4-19-7-9/h1-5,7,12,17H,6H2,(H,16,18)/t12-/m1/s1. The van der Waals surface area contributed by atoms with E-state index in [-0.39, 0.29) is 12.1 Å². The summed E-state index contributed by atoms with van der Waals surface area (Å²) in [5.74, 6) is -2.71. The van der Waals surface area contributed by atoms with E-state index in [4.69, 9.17) is 4.42 Å². The Kier molecular flexibility index (Phi) is 3.91. The van der Waals surface area contributed by atoms with Crippen LogP contribution >= 0.6 is 0 Å². The van der Waals surface area contributed by atoms with Crippen LogP contribution in [0.3, 0.4) is 0 Å². The van der Waals surface area contributed by atoms with Crippen LogP contribution in [0.25, 0.3) is 0 Å². The molecule has 0 spiro atoms. The number of aliphatic hydroxyl groups excluding tert-OH is 1. The second kappa shape index (κ2) is 5.62. The van der Waals surface area contributed by atoms with Gasteiger partial charge in [0.15, 0.2) is 11.6 Å². The molecular formula is C13H11F2NO3. The van der Waals surface area contributed by atoms with E-state index in [9.17, 15) is 18.7 Å². The predicted octanol–water partition coefficient (Wildman–Crippen LogP) is 2.02. The van der Waals surface area contributed by atoms with Crippen molar-refractivity contribution in [3.05, 3.63) is 59.6 Å². The van der Waals surface area contributed by atoms with Gasteiger partial charge < -0.3 is 14.8 Å². The van der Waals surface area contributed by atoms with Gasteiger partial charge in [-0.3, -0.25) is 4.79 Å². The Morgan fingerprint density at radius 2 is 2.11 bits per heavy atom. The van der Waals surface area contributed by atoms with Gasteiger partial charge in [0.1, 0.15) is 0 Å². The fraction of sp³-hybridized carbons (Fsp3) is 0.154. The summed E-state index contributed by atoms with van der Waals surface area (Å²) in [5.41, 5.74) is 0.504. The number of nitrogens with one attached hydrogen (secondary N) is 1. The second-order valence-electron chi connectivity index (χ2n) is 3.91. The van der Waals surface area contributed by atoms with Crippen molar-refractivity contribution in [3.8, 4) is 0 Å². The number of carbonyl (C=O) groups is 1. The first-order valence-electron chi connectivity index (χ1n) is 5.51. The third-order valence-corrected chi connectivity index (χ3v) is 2.57. The maximum Gasteiger partial charge on any atom is 0.251 e. The molecule has 1 amide bonds. The Bertz CT molecular complexity index is 569. The number of carbonyl (C=O) groups excluding carboxylic acids is 1. The first-order chi connectivity index (χ1) is 9.08. The first kappa shape index (κ1) is 13.2. The molecule has 1 aromatic heterocycles. The summed E-state index contributed by atoms with van der Waals surface area (Å²) in [6.07, 6.45) is 1.83. The van der Waals surface area contributed by atoms with Gasteiger partial charge in [-0.2, -0.15) is 0 Å². The number of halogens is 2. The zero-order chi connectivity index (χ0) is 13.8. The van der Waals surface area contributed by atoms with Crippen molar-refractivity contribution in [2.45, 2.75) is 6.10 Å². The zero-order valence-corrected chi connectivity index (χ0v) is 9.77. The molecule has 0 fully saturated rings. The predicted molar refractivity (Wildman–Crippen MR) is 62.4 cm³/mol. The van der Waals surface area contributed by atoms with E-state index in [1.807, 2.05) is 0 Å². The molecule has 0 radical (unpaired) electrons. The monoisotopic (exact) mass is 267 g/mol. The van der Waals surface area contributed by atoms with Crippen LogP contribution in [0, 0.1) is 11.6 Å². The molecule has 0 saturated heterocycles. The topological polar surface area (TPSA) is 62.5 Å². The minimum Gasteiger partial charge on any atom is -0.472 e. The quantitative estimate of drug-likeness (QED) is 0.890. The summed E-state index contributed by atoms with van der Waals surface area (Å²) in [5, 5.41) is 12.1. The van der Waals surface area contributed by atoms with E-state index in [2.05, 4.69) is 5.32 Å². The molecule has 0 unspecified atom stereocenters. The molecule has 2 rings (SSSR count). The summed E-state index contributed by atoms with van der Waals surface area (Å²) < 4.78 is 30.4. The van der Waals surface area contributed by atoms with Crippen LogP contribution in [0.15, 0.2) is 41.2 Å². The molecule has 0 aliphatic heterocycles. The first-order valence-corrected chi connectivity index (χ1v) is 5.51. The molecule has 1 atom stereocenters. The lowest BCUT2D eigenvalue weighted by Crippen LogP contribution is -2.28. The lowest BCUT2D eigenvalue weighted by molar-refractivity contribution is 0.0915. The Balaban J connectivity index is 1.96. The summed E-state index contributed by atoms with van der Waals surface area (Å²) in [6, 6.07) is 4.40. The SMILES string of the molecule is O=C(NC[C@@H](O)c1ccoc1)c1ccc(F)c(F)c1. The van der Waals surface area contributed by atoms with Crippen LogP contribution in [0.1, 0.15) is 22.0 Å². The number of hydrogen-bond donors (Lipinski definition) is 2. The molecule has 100 valence electrons. The second-order valence-corrected chi connectivity index (χ2v) is 3.91. The number of rotatable bonds is 4. The van der Waals surface area contributed by atoms with Crippen molar-refractivity contribution in [2.75, 3.05) is 6.54 Å². The molecule has 1 aromatic carbocycles. The van der Waals surface area contributed by atoms with Gasteiger partial charge in [0.05, 0.1) is 18.6 Å². The van der Waals surface area contributed by atoms with Crippen molar-refractivity contribution in [3.63, 3.8) is 0 Å². The van der Waals surface area contributed by atoms with Crippen molar-refractivity contribution in [2.24, 2.45) is 0 Å². The number of furan rings is 1. The molecule has 4 nitrogen and oxygen atoms in total. The third kappa shape index (κ3) is 3.17. The van der Waals surface area contributed by atoms with E-state index < -0.39 is 23.6 Å². The molecule has 0 aliphatic carbocycles. The molecule has 2 aromatic rings. The highest BCUT2D eigenvalue weighted by atomic mass is 19.2. The lowest BCUT2D eigenvalue weighted by atomic mass is 10.1. The van der Waals surface area contributed by atoms with Gasteiger partial charge >= 0.3 is 0 Å². The largest absolute Gasteiger partial charge is 0.472 e. The van der Waals surface area contributed by atoms with Crippen molar-refractivity contribution < 1.29 is 23.1 Å². The van der Waals surface area contributed by atoms with E-state index in [0.29, 0.717) is 5.56 Å². The average Bonchev–Trinajstić information content (AvgIpc) is 2.92. The zero-order valence-electron chi connectivity index (χ0n) is 9.77. The normalized spacial score (nSPS) is 12.2. The van der Waals surface area contributed by atoms with E-state index >= 15 is 0 Å². The van der Waals surface area contributed by atoms with Gasteiger partial charge in [-0.15, -0.1) is 0 Å². The van der Waals surface area contributed by atoms with E-state index in [0.717, 1.165) is 18.2 Å². The molecule has 19 heavy (non-hydrogen) atoms. The Morgan fingerprint density at radius 1 is 1.32 bits per heavy atom. The van der Waals surface area contributed by atoms with Crippen LogP contribution in [0.2, 0.25) is 0 Å². The van der Waals surface area contributed by atoms with Gasteiger partial charge in [-0.1, -0.05) is 0 Å². The van der Waals surface area contributed by atoms with Gasteiger partial charge in [-0.05, 0) is 24.3 Å². The molecule has 0 bridgehead atoms. The van der Waals surface area contributed by atoms with Crippen LogP contribution < -0.4 is 5.32 Å². The van der Waals surface area contributed by atoms with Crippen molar-refractivity contribution in [1.82, 2.24) is 5.32 Å². The maximum absolute atomic E-state index is 12.9. The van der Waals surface area contributed by atoms with Crippen LogP contribution in [0.4, 0.5) is 8.78 Å². The van der Waals surface area contributed by atoms with Gasteiger partial charge in [0, 0.05) is 17.7 Å². The molecule has 0 saturated carbocycles. The molecule has 2 N–H and O–H groups in total. The highest BCUT2D eigenvalue weighted by molar-refractivity contribution is 5.94. The fourth-order valence-corrected chi connectivity index (χ4v) is 1.51. The molecule has 0 aliphatic rings.